The Hall–Kier alpha value is -6.76. The Morgan fingerprint density at radius 1 is 0.339 bits per heavy atom. The van der Waals surface area contributed by atoms with Crippen LogP contribution in [0.1, 0.15) is 51.3 Å². The minimum Gasteiger partial charge on any atom is -0.0622 e. The van der Waals surface area contributed by atoms with E-state index < -0.39 is 0 Å². The molecule has 0 aliphatic heterocycles. The summed E-state index contributed by atoms with van der Waals surface area (Å²) in [5.41, 5.74) is 16.6. The summed E-state index contributed by atoms with van der Waals surface area (Å²) in [7, 11) is 0. The van der Waals surface area contributed by atoms with Crippen LogP contribution in [0.25, 0.3) is 98.7 Å². The largest absolute Gasteiger partial charge is 0.0622 e. The lowest BCUT2D eigenvalue weighted by Gasteiger charge is -2.35. The summed E-state index contributed by atoms with van der Waals surface area (Å²) in [6, 6.07) is 70.6. The zero-order chi connectivity index (χ0) is 40.0. The number of benzene rings is 10. The fraction of sp³-hybridized carbons (Fsp3) is 0.119. The second-order valence-corrected chi connectivity index (χ2v) is 18.1. The first-order valence-corrected chi connectivity index (χ1v) is 21.0. The Bertz CT molecular complexity index is 3310. The maximum atomic E-state index is 2.50. The second-order valence-electron chi connectivity index (χ2n) is 18.1. The molecular formula is C59H46. The highest BCUT2D eigenvalue weighted by atomic mass is 14.4. The van der Waals surface area contributed by atoms with Gasteiger partial charge in [-0.1, -0.05) is 198 Å². The van der Waals surface area contributed by atoms with Crippen molar-refractivity contribution in [2.45, 2.75) is 45.4 Å². The van der Waals surface area contributed by atoms with Gasteiger partial charge < -0.3 is 0 Å². The molecule has 282 valence electrons. The third-order valence-corrected chi connectivity index (χ3v) is 13.1. The molecule has 1 aliphatic rings. The highest BCUT2D eigenvalue weighted by Crippen LogP contribution is 2.51. The van der Waals surface area contributed by atoms with E-state index in [-0.39, 0.29) is 10.8 Å². The highest BCUT2D eigenvalue weighted by molar-refractivity contribution is 6.18. The van der Waals surface area contributed by atoms with Gasteiger partial charge in [0.05, 0.1) is 0 Å². The summed E-state index contributed by atoms with van der Waals surface area (Å²) in [6.07, 6.45) is 0. The van der Waals surface area contributed by atoms with E-state index in [9.17, 15) is 0 Å². The lowest BCUT2D eigenvalue weighted by Crippen LogP contribution is -2.23. The molecule has 0 fully saturated rings. The van der Waals surface area contributed by atoms with Gasteiger partial charge in [0.1, 0.15) is 0 Å². The van der Waals surface area contributed by atoms with Gasteiger partial charge in [-0.3, -0.25) is 0 Å². The first kappa shape index (κ1) is 35.4. The molecule has 0 radical (unpaired) electrons. The van der Waals surface area contributed by atoms with Crippen LogP contribution in [0, 0.1) is 0 Å². The van der Waals surface area contributed by atoms with Crippen molar-refractivity contribution in [3.05, 3.63) is 205 Å². The molecule has 10 aromatic rings. The maximum absolute atomic E-state index is 2.50. The fourth-order valence-corrected chi connectivity index (χ4v) is 10.5. The van der Waals surface area contributed by atoms with Gasteiger partial charge in [-0.15, -0.1) is 0 Å². The van der Waals surface area contributed by atoms with Crippen molar-refractivity contribution in [1.82, 2.24) is 0 Å². The maximum Gasteiger partial charge on any atom is 0.0159 e. The van der Waals surface area contributed by atoms with Crippen molar-refractivity contribution in [2.24, 2.45) is 0 Å². The Morgan fingerprint density at radius 3 is 1.75 bits per heavy atom. The van der Waals surface area contributed by atoms with E-state index in [0.29, 0.717) is 0 Å². The van der Waals surface area contributed by atoms with Crippen molar-refractivity contribution in [3.8, 4) is 55.6 Å². The van der Waals surface area contributed by atoms with Gasteiger partial charge in [0.15, 0.2) is 0 Å². The summed E-state index contributed by atoms with van der Waals surface area (Å²) in [5.74, 6) is 0. The molecule has 11 rings (SSSR count). The predicted octanol–water partition coefficient (Wildman–Crippen LogP) is 16.6. The SMILES string of the molecule is CC(C)(C)c1c2ccccc2c(-c2cc(-c3ccccc3)cc(-c3cccc4ccccc34)c2)c2ccc(-c3ccc4c5c(cccc35)C(C)(C)c3ccccc3-4)cc12. The molecule has 0 atom stereocenters. The van der Waals surface area contributed by atoms with Crippen LogP contribution in [-0.4, -0.2) is 0 Å². The first-order chi connectivity index (χ1) is 28.7. The molecule has 0 amide bonds. The average Bonchev–Trinajstić information content (AvgIpc) is 3.26. The third-order valence-electron chi connectivity index (χ3n) is 13.1. The van der Waals surface area contributed by atoms with Crippen LogP contribution in [-0.2, 0) is 10.8 Å². The molecule has 10 aromatic carbocycles. The van der Waals surface area contributed by atoms with Crippen LogP contribution in [0.2, 0.25) is 0 Å². The number of hydrogen-bond donors (Lipinski definition) is 0. The Labute approximate surface area is 347 Å². The quantitative estimate of drug-likeness (QED) is 0.157. The molecular weight excluding hydrogens is 709 g/mol. The third kappa shape index (κ3) is 5.50. The summed E-state index contributed by atoms with van der Waals surface area (Å²) in [4.78, 5) is 0. The minimum atomic E-state index is -0.108. The molecule has 0 bridgehead atoms. The summed E-state index contributed by atoms with van der Waals surface area (Å²) < 4.78 is 0. The molecule has 1 aliphatic carbocycles. The average molecular weight is 755 g/mol. The van der Waals surface area contributed by atoms with Crippen LogP contribution in [0.5, 0.6) is 0 Å². The van der Waals surface area contributed by atoms with Crippen LogP contribution >= 0.6 is 0 Å². The van der Waals surface area contributed by atoms with E-state index in [1.165, 1.54) is 115 Å². The topological polar surface area (TPSA) is 0 Å². The van der Waals surface area contributed by atoms with E-state index in [0.717, 1.165) is 0 Å². The van der Waals surface area contributed by atoms with Gasteiger partial charge in [-0.2, -0.15) is 0 Å². The Kier molecular flexibility index (Phi) is 7.88. The Balaban J connectivity index is 1.21. The van der Waals surface area contributed by atoms with E-state index in [1.54, 1.807) is 0 Å². The molecule has 0 aromatic heterocycles. The van der Waals surface area contributed by atoms with E-state index in [1.807, 2.05) is 0 Å². The van der Waals surface area contributed by atoms with Crippen molar-refractivity contribution < 1.29 is 0 Å². The van der Waals surface area contributed by atoms with Gasteiger partial charge in [-0.25, -0.2) is 0 Å². The standard InChI is InChI=1S/C59H46/c1-58(2,3)57-51-24-12-11-23-48(51)55(42-34-40(37-17-7-6-8-18-37)33-41(35-42)44-25-15-20-38-19-9-10-21-43(38)44)50-30-29-39(36-52(50)57)45-31-32-49-46-22-13-14-27-53(46)59(4,5)54-28-16-26-47(45)56(49)54/h6-36H,1-5H3. The summed E-state index contributed by atoms with van der Waals surface area (Å²) >= 11 is 0. The number of rotatable bonds is 4. The van der Waals surface area contributed by atoms with Crippen LogP contribution < -0.4 is 0 Å². The van der Waals surface area contributed by atoms with Crippen LogP contribution in [0.15, 0.2) is 188 Å². The van der Waals surface area contributed by atoms with Crippen molar-refractivity contribution in [2.75, 3.05) is 0 Å². The van der Waals surface area contributed by atoms with Gasteiger partial charge in [0.2, 0.25) is 0 Å². The van der Waals surface area contributed by atoms with Gasteiger partial charge >= 0.3 is 0 Å². The molecule has 0 saturated heterocycles. The van der Waals surface area contributed by atoms with Gasteiger partial charge in [-0.05, 0) is 145 Å². The molecule has 59 heavy (non-hydrogen) atoms. The summed E-state index contributed by atoms with van der Waals surface area (Å²) in [5, 5.41) is 10.4. The van der Waals surface area contributed by atoms with E-state index >= 15 is 0 Å². The zero-order valence-corrected chi connectivity index (χ0v) is 34.4. The molecule has 0 nitrogen and oxygen atoms in total. The first-order valence-electron chi connectivity index (χ1n) is 21.0. The van der Waals surface area contributed by atoms with Crippen molar-refractivity contribution in [3.63, 3.8) is 0 Å². The minimum absolute atomic E-state index is 0.0997. The Morgan fingerprint density at radius 2 is 0.915 bits per heavy atom. The second kappa shape index (κ2) is 13.1. The summed E-state index contributed by atoms with van der Waals surface area (Å²) in [6.45, 7) is 11.9. The predicted molar refractivity (Wildman–Crippen MR) is 254 cm³/mol. The highest BCUT2D eigenvalue weighted by Gasteiger charge is 2.33. The van der Waals surface area contributed by atoms with Gasteiger partial charge in [0, 0.05) is 5.41 Å². The molecule has 0 heterocycles. The molecule has 0 saturated carbocycles. The molecule has 0 heteroatoms. The molecule has 0 spiro atoms. The van der Waals surface area contributed by atoms with Crippen LogP contribution in [0.4, 0.5) is 0 Å². The van der Waals surface area contributed by atoms with Crippen molar-refractivity contribution in [1.29, 1.82) is 0 Å². The van der Waals surface area contributed by atoms with E-state index in [4.69, 9.17) is 0 Å². The number of fused-ring (bicyclic) bond motifs is 5. The van der Waals surface area contributed by atoms with Crippen LogP contribution in [0.3, 0.4) is 0 Å². The lowest BCUT2D eigenvalue weighted by atomic mass is 9.68. The fourth-order valence-electron chi connectivity index (χ4n) is 10.5. The molecule has 0 unspecified atom stereocenters. The zero-order valence-electron chi connectivity index (χ0n) is 34.4. The van der Waals surface area contributed by atoms with Gasteiger partial charge in [0.25, 0.3) is 0 Å². The lowest BCUT2D eigenvalue weighted by molar-refractivity contribution is 0.601. The normalized spacial score (nSPS) is 13.3. The monoisotopic (exact) mass is 754 g/mol. The molecule has 0 N–H and O–H groups in total. The van der Waals surface area contributed by atoms with E-state index in [2.05, 4.69) is 223 Å². The van der Waals surface area contributed by atoms with Crippen molar-refractivity contribution >= 4 is 43.1 Å². The smallest absolute Gasteiger partial charge is 0.0159 e. The number of hydrogen-bond acceptors (Lipinski definition) is 0.